The van der Waals surface area contributed by atoms with Gasteiger partial charge in [-0.2, -0.15) is 0 Å². The van der Waals surface area contributed by atoms with Gasteiger partial charge in [-0.25, -0.2) is 8.78 Å². The van der Waals surface area contributed by atoms with E-state index in [0.717, 1.165) is 18.6 Å². The van der Waals surface area contributed by atoms with E-state index in [0.29, 0.717) is 18.4 Å². The lowest BCUT2D eigenvalue weighted by atomic mass is 9.84. The predicted octanol–water partition coefficient (Wildman–Crippen LogP) is 3.36. The molecule has 1 atom stereocenters. The van der Waals surface area contributed by atoms with Gasteiger partial charge in [-0.3, -0.25) is 0 Å². The minimum atomic E-state index is -0.900. The van der Waals surface area contributed by atoms with Gasteiger partial charge in [0.15, 0.2) is 0 Å². The summed E-state index contributed by atoms with van der Waals surface area (Å²) in [5.74, 6) is -0.908. The highest BCUT2D eigenvalue weighted by Gasteiger charge is 2.31. The number of fused-ring (bicyclic) bond motifs is 1. The number of benzene rings is 1. The maximum atomic E-state index is 13.6. The smallest absolute Gasteiger partial charge is 0.129 e. The molecule has 2 rings (SSSR count). The zero-order valence-corrected chi connectivity index (χ0v) is 9.56. The van der Waals surface area contributed by atoms with Gasteiger partial charge in [0.05, 0.1) is 6.10 Å². The van der Waals surface area contributed by atoms with E-state index in [1.54, 1.807) is 0 Å². The van der Waals surface area contributed by atoms with Crippen LogP contribution in [0.1, 0.15) is 43.9 Å². The Labute approximate surface area is 94.1 Å². The lowest BCUT2D eigenvalue weighted by Gasteiger charge is -2.24. The summed E-state index contributed by atoms with van der Waals surface area (Å²) in [6.45, 7) is 4.02. The number of halogens is 2. The van der Waals surface area contributed by atoms with Crippen LogP contribution in [0.3, 0.4) is 0 Å². The lowest BCUT2D eigenvalue weighted by Crippen LogP contribution is -2.14. The first-order valence-electron chi connectivity index (χ1n) is 5.55. The molecule has 1 nitrogen and oxygen atoms in total. The molecule has 1 aliphatic rings. The third-order valence-corrected chi connectivity index (χ3v) is 3.38. The highest BCUT2D eigenvalue weighted by atomic mass is 19.1. The Morgan fingerprint density at radius 3 is 2.56 bits per heavy atom. The van der Waals surface area contributed by atoms with Gasteiger partial charge in [0.1, 0.15) is 11.6 Å². The second-order valence-electron chi connectivity index (χ2n) is 5.31. The van der Waals surface area contributed by atoms with E-state index in [4.69, 9.17) is 0 Å². The fourth-order valence-corrected chi connectivity index (χ4v) is 2.41. The van der Waals surface area contributed by atoms with Crippen LogP contribution in [0.15, 0.2) is 12.1 Å². The van der Waals surface area contributed by atoms with Crippen molar-refractivity contribution in [2.75, 3.05) is 0 Å². The number of aliphatic hydroxyl groups excluding tert-OH is 1. The van der Waals surface area contributed by atoms with Crippen LogP contribution in [0.4, 0.5) is 8.78 Å². The number of aliphatic hydroxyl groups is 1. The monoisotopic (exact) mass is 226 g/mol. The molecule has 1 aromatic rings. The van der Waals surface area contributed by atoms with Crippen LogP contribution in [0.25, 0.3) is 0 Å². The Hall–Kier alpha value is -0.960. The van der Waals surface area contributed by atoms with E-state index in [1.165, 1.54) is 0 Å². The molecule has 0 aliphatic heterocycles. The average molecular weight is 226 g/mol. The molecule has 0 bridgehead atoms. The standard InChI is InChI=1S/C13H16F2O/c1-13(2)6-5-8-9(14)3-4-10(15)12(8)11(16)7-13/h3-4,11,16H,5-7H2,1-2H3. The minimum Gasteiger partial charge on any atom is -0.388 e. The molecule has 1 N–H and O–H groups in total. The molecule has 0 saturated heterocycles. The Kier molecular flexibility index (Phi) is 2.74. The zero-order chi connectivity index (χ0) is 11.9. The average Bonchev–Trinajstić information content (AvgIpc) is 2.29. The highest BCUT2D eigenvalue weighted by molar-refractivity contribution is 5.33. The van der Waals surface area contributed by atoms with Crippen LogP contribution >= 0.6 is 0 Å². The van der Waals surface area contributed by atoms with Crippen LogP contribution < -0.4 is 0 Å². The number of hydrogen-bond donors (Lipinski definition) is 1. The topological polar surface area (TPSA) is 20.2 Å². The molecule has 0 spiro atoms. The van der Waals surface area contributed by atoms with E-state index in [1.807, 2.05) is 13.8 Å². The zero-order valence-electron chi connectivity index (χ0n) is 9.56. The Balaban J connectivity index is 2.52. The summed E-state index contributed by atoms with van der Waals surface area (Å²) >= 11 is 0. The first-order valence-corrected chi connectivity index (χ1v) is 5.55. The Morgan fingerprint density at radius 1 is 1.25 bits per heavy atom. The maximum absolute atomic E-state index is 13.6. The van der Waals surface area contributed by atoms with E-state index in [2.05, 4.69) is 0 Å². The Morgan fingerprint density at radius 2 is 1.88 bits per heavy atom. The van der Waals surface area contributed by atoms with Crippen molar-refractivity contribution in [3.63, 3.8) is 0 Å². The lowest BCUT2D eigenvalue weighted by molar-refractivity contribution is 0.113. The molecule has 16 heavy (non-hydrogen) atoms. The molecule has 3 heteroatoms. The fraction of sp³-hybridized carbons (Fsp3) is 0.538. The molecule has 1 aromatic carbocycles. The number of hydrogen-bond acceptors (Lipinski definition) is 1. The van der Waals surface area contributed by atoms with Gasteiger partial charge in [-0.15, -0.1) is 0 Å². The minimum absolute atomic E-state index is 0.0860. The molecule has 0 radical (unpaired) electrons. The molecule has 0 fully saturated rings. The van der Waals surface area contributed by atoms with Gasteiger partial charge < -0.3 is 5.11 Å². The van der Waals surface area contributed by atoms with Crippen molar-refractivity contribution in [2.45, 2.75) is 39.2 Å². The second kappa shape index (κ2) is 3.81. The summed E-state index contributed by atoms with van der Waals surface area (Å²) < 4.78 is 27.2. The largest absolute Gasteiger partial charge is 0.388 e. The molecule has 0 amide bonds. The van der Waals surface area contributed by atoms with Crippen molar-refractivity contribution in [3.05, 3.63) is 34.9 Å². The third kappa shape index (κ3) is 1.96. The third-order valence-electron chi connectivity index (χ3n) is 3.38. The first-order chi connectivity index (χ1) is 7.41. The Bertz CT molecular complexity index is 413. The normalized spacial score (nSPS) is 23.7. The maximum Gasteiger partial charge on any atom is 0.129 e. The van der Waals surface area contributed by atoms with Crippen molar-refractivity contribution >= 4 is 0 Å². The van der Waals surface area contributed by atoms with Crippen molar-refractivity contribution in [1.29, 1.82) is 0 Å². The predicted molar refractivity (Wildman–Crippen MR) is 58.0 cm³/mol. The van der Waals surface area contributed by atoms with Crippen molar-refractivity contribution < 1.29 is 13.9 Å². The van der Waals surface area contributed by atoms with Crippen LogP contribution in [0, 0.1) is 17.0 Å². The second-order valence-corrected chi connectivity index (χ2v) is 5.31. The summed E-state index contributed by atoms with van der Waals surface area (Å²) in [4.78, 5) is 0. The molecule has 1 aliphatic carbocycles. The fourth-order valence-electron chi connectivity index (χ4n) is 2.41. The van der Waals surface area contributed by atoms with Gasteiger partial charge in [-0.1, -0.05) is 13.8 Å². The van der Waals surface area contributed by atoms with E-state index < -0.39 is 17.7 Å². The van der Waals surface area contributed by atoms with Crippen molar-refractivity contribution in [2.24, 2.45) is 5.41 Å². The quantitative estimate of drug-likeness (QED) is 0.672. The first kappa shape index (κ1) is 11.5. The van der Waals surface area contributed by atoms with Crippen molar-refractivity contribution in [1.82, 2.24) is 0 Å². The van der Waals surface area contributed by atoms with Crippen LogP contribution in [-0.4, -0.2) is 5.11 Å². The molecule has 1 unspecified atom stereocenters. The molecular weight excluding hydrogens is 210 g/mol. The molecule has 0 saturated carbocycles. The number of rotatable bonds is 0. The van der Waals surface area contributed by atoms with E-state index in [-0.39, 0.29) is 11.0 Å². The summed E-state index contributed by atoms with van der Waals surface area (Å²) in [6, 6.07) is 2.23. The molecule has 0 heterocycles. The van der Waals surface area contributed by atoms with Gasteiger partial charge >= 0.3 is 0 Å². The van der Waals surface area contributed by atoms with Gasteiger partial charge in [0.25, 0.3) is 0 Å². The molecule has 88 valence electrons. The van der Waals surface area contributed by atoms with E-state index in [9.17, 15) is 13.9 Å². The molecular formula is C13H16F2O. The summed E-state index contributed by atoms with van der Waals surface area (Å²) in [7, 11) is 0. The van der Waals surface area contributed by atoms with E-state index >= 15 is 0 Å². The highest BCUT2D eigenvalue weighted by Crippen LogP contribution is 2.40. The summed E-state index contributed by atoms with van der Waals surface area (Å²) in [5, 5.41) is 9.98. The molecule has 0 aromatic heterocycles. The van der Waals surface area contributed by atoms with Crippen molar-refractivity contribution in [3.8, 4) is 0 Å². The van der Waals surface area contributed by atoms with Gasteiger partial charge in [0.2, 0.25) is 0 Å². The van der Waals surface area contributed by atoms with Gasteiger partial charge in [0, 0.05) is 5.56 Å². The summed E-state index contributed by atoms with van der Waals surface area (Å²) in [5.41, 5.74) is 0.417. The SMILES string of the molecule is CC1(C)CCc2c(F)ccc(F)c2C(O)C1. The summed E-state index contributed by atoms with van der Waals surface area (Å²) in [6.07, 6.45) is 0.823. The van der Waals surface area contributed by atoms with Crippen LogP contribution in [0.5, 0.6) is 0 Å². The van der Waals surface area contributed by atoms with Crippen LogP contribution in [0.2, 0.25) is 0 Å². The van der Waals surface area contributed by atoms with Crippen LogP contribution in [-0.2, 0) is 6.42 Å². The van der Waals surface area contributed by atoms with Gasteiger partial charge in [-0.05, 0) is 42.4 Å².